The summed E-state index contributed by atoms with van der Waals surface area (Å²) in [7, 11) is 1.99. The van der Waals surface area contributed by atoms with E-state index >= 15 is 0 Å². The van der Waals surface area contributed by atoms with Crippen molar-refractivity contribution in [1.29, 1.82) is 0 Å². The number of hydrogen-bond donors (Lipinski definition) is 2. The molecule has 17 heavy (non-hydrogen) atoms. The second-order valence-corrected chi connectivity index (χ2v) is 5.16. The molecular formula is C13H19ClN2O. The van der Waals surface area contributed by atoms with Crippen LogP contribution in [0.5, 0.6) is 5.75 Å². The van der Waals surface area contributed by atoms with Gasteiger partial charge in [-0.2, -0.15) is 0 Å². The molecule has 0 aromatic heterocycles. The minimum Gasteiger partial charge on any atom is -0.508 e. The maximum Gasteiger partial charge on any atom is 0.120 e. The Morgan fingerprint density at radius 2 is 2.35 bits per heavy atom. The summed E-state index contributed by atoms with van der Waals surface area (Å²) in [5.41, 5.74) is 0.919. The van der Waals surface area contributed by atoms with Gasteiger partial charge >= 0.3 is 0 Å². The highest BCUT2D eigenvalue weighted by atomic mass is 35.5. The fourth-order valence-corrected chi connectivity index (χ4v) is 2.63. The third-order valence-electron chi connectivity index (χ3n) is 3.30. The van der Waals surface area contributed by atoms with Crippen LogP contribution in [0.2, 0.25) is 5.02 Å². The molecule has 3 nitrogen and oxygen atoms in total. The first kappa shape index (κ1) is 12.7. The van der Waals surface area contributed by atoms with E-state index in [4.69, 9.17) is 11.6 Å². The minimum atomic E-state index is 0.339. The summed E-state index contributed by atoms with van der Waals surface area (Å²) in [6.07, 6.45) is 1.22. The Bertz CT molecular complexity index is 384. The largest absolute Gasteiger partial charge is 0.508 e. The molecule has 1 aromatic carbocycles. The predicted molar refractivity (Wildman–Crippen MR) is 70.4 cm³/mol. The van der Waals surface area contributed by atoms with Gasteiger partial charge in [-0.25, -0.2) is 0 Å². The van der Waals surface area contributed by atoms with Crippen LogP contribution in [0.3, 0.4) is 0 Å². The number of nitrogens with zero attached hydrogens (tertiary/aromatic N) is 1. The van der Waals surface area contributed by atoms with Crippen LogP contribution in [-0.4, -0.2) is 36.7 Å². The number of aromatic hydroxyl groups is 1. The monoisotopic (exact) mass is 254 g/mol. The molecular weight excluding hydrogens is 236 g/mol. The van der Waals surface area contributed by atoms with Gasteiger partial charge in [0.1, 0.15) is 5.75 Å². The van der Waals surface area contributed by atoms with Crippen molar-refractivity contribution >= 4 is 11.6 Å². The molecule has 0 saturated carbocycles. The zero-order valence-electron chi connectivity index (χ0n) is 10.1. The van der Waals surface area contributed by atoms with Crippen molar-refractivity contribution in [2.45, 2.75) is 13.0 Å². The van der Waals surface area contributed by atoms with Crippen LogP contribution in [0.15, 0.2) is 18.2 Å². The first-order chi connectivity index (χ1) is 8.19. The molecule has 2 rings (SSSR count). The molecule has 94 valence electrons. The first-order valence-electron chi connectivity index (χ1n) is 6.03. The van der Waals surface area contributed by atoms with E-state index < -0.39 is 0 Å². The number of likely N-dealkylation sites (tertiary alicyclic amines) is 1. The van der Waals surface area contributed by atoms with Crippen molar-refractivity contribution in [3.8, 4) is 5.75 Å². The molecule has 0 amide bonds. The molecule has 4 heteroatoms. The van der Waals surface area contributed by atoms with E-state index in [0.29, 0.717) is 10.8 Å². The Hall–Kier alpha value is -0.770. The van der Waals surface area contributed by atoms with Gasteiger partial charge in [-0.05, 0) is 50.7 Å². The van der Waals surface area contributed by atoms with E-state index in [1.54, 1.807) is 12.1 Å². The molecule has 2 N–H and O–H groups in total. The van der Waals surface area contributed by atoms with Crippen LogP contribution in [0.1, 0.15) is 12.0 Å². The van der Waals surface area contributed by atoms with E-state index in [1.807, 2.05) is 13.1 Å². The molecule has 1 unspecified atom stereocenters. The van der Waals surface area contributed by atoms with Crippen LogP contribution >= 0.6 is 11.6 Å². The van der Waals surface area contributed by atoms with Gasteiger partial charge < -0.3 is 10.4 Å². The average molecular weight is 255 g/mol. The molecule has 1 aliphatic rings. The summed E-state index contributed by atoms with van der Waals surface area (Å²) in [5.74, 6) is 1.06. The van der Waals surface area contributed by atoms with Crippen molar-refractivity contribution in [1.82, 2.24) is 10.2 Å². The number of phenols is 1. The van der Waals surface area contributed by atoms with Crippen LogP contribution < -0.4 is 5.32 Å². The standard InChI is InChI=1S/C13H19ClN2O/c1-15-7-10-4-5-16(8-10)9-11-6-12(14)2-3-13(11)17/h2-3,6,10,15,17H,4-5,7-9H2,1H3. The lowest BCUT2D eigenvalue weighted by molar-refractivity contribution is 0.309. The molecule has 1 fully saturated rings. The van der Waals surface area contributed by atoms with Crippen LogP contribution in [0, 0.1) is 5.92 Å². The number of phenolic OH excluding ortho intramolecular Hbond substituents is 1. The van der Waals surface area contributed by atoms with E-state index in [0.717, 1.165) is 37.7 Å². The third-order valence-corrected chi connectivity index (χ3v) is 3.53. The Morgan fingerprint density at radius 1 is 1.53 bits per heavy atom. The second kappa shape index (κ2) is 5.71. The zero-order chi connectivity index (χ0) is 12.3. The van der Waals surface area contributed by atoms with Gasteiger partial charge in [-0.3, -0.25) is 4.90 Å². The highest BCUT2D eigenvalue weighted by Crippen LogP contribution is 2.25. The van der Waals surface area contributed by atoms with Gasteiger partial charge in [0.2, 0.25) is 0 Å². The Balaban J connectivity index is 1.95. The summed E-state index contributed by atoms with van der Waals surface area (Å²) in [6, 6.07) is 5.23. The summed E-state index contributed by atoms with van der Waals surface area (Å²) >= 11 is 5.94. The number of hydrogen-bond acceptors (Lipinski definition) is 3. The van der Waals surface area contributed by atoms with Gasteiger partial charge in [-0.15, -0.1) is 0 Å². The molecule has 0 bridgehead atoms. The van der Waals surface area contributed by atoms with Gasteiger partial charge in [-0.1, -0.05) is 11.6 Å². The molecule has 0 spiro atoms. The summed E-state index contributed by atoms with van der Waals surface area (Å²) in [6.45, 7) is 4.04. The van der Waals surface area contributed by atoms with Crippen LogP contribution in [-0.2, 0) is 6.54 Å². The average Bonchev–Trinajstić information content (AvgIpc) is 2.72. The Morgan fingerprint density at radius 3 is 3.12 bits per heavy atom. The van der Waals surface area contributed by atoms with E-state index in [2.05, 4.69) is 10.2 Å². The lowest BCUT2D eigenvalue weighted by atomic mass is 10.1. The van der Waals surface area contributed by atoms with Crippen LogP contribution in [0.4, 0.5) is 0 Å². The highest BCUT2D eigenvalue weighted by Gasteiger charge is 2.22. The fraction of sp³-hybridized carbons (Fsp3) is 0.538. The Kier molecular flexibility index (Phi) is 4.26. The SMILES string of the molecule is CNCC1CCN(Cc2cc(Cl)ccc2O)C1. The molecule has 1 heterocycles. The quantitative estimate of drug-likeness (QED) is 0.864. The van der Waals surface area contributed by atoms with Crippen LogP contribution in [0.25, 0.3) is 0 Å². The number of benzene rings is 1. The maximum absolute atomic E-state index is 9.77. The highest BCUT2D eigenvalue weighted by molar-refractivity contribution is 6.30. The van der Waals surface area contributed by atoms with Crippen molar-refractivity contribution in [2.75, 3.05) is 26.7 Å². The van der Waals surface area contributed by atoms with E-state index in [-0.39, 0.29) is 0 Å². The molecule has 1 aliphatic heterocycles. The molecule has 1 saturated heterocycles. The summed E-state index contributed by atoms with van der Waals surface area (Å²) in [5, 5.41) is 13.7. The fourth-order valence-electron chi connectivity index (χ4n) is 2.43. The summed E-state index contributed by atoms with van der Waals surface area (Å²) < 4.78 is 0. The van der Waals surface area contributed by atoms with Gasteiger partial charge in [0.25, 0.3) is 0 Å². The molecule has 1 aromatic rings. The number of nitrogens with one attached hydrogen (secondary N) is 1. The second-order valence-electron chi connectivity index (χ2n) is 4.72. The van der Waals surface area contributed by atoms with Crippen molar-refractivity contribution < 1.29 is 5.11 Å². The van der Waals surface area contributed by atoms with Gasteiger partial charge in [0.05, 0.1) is 0 Å². The summed E-state index contributed by atoms with van der Waals surface area (Å²) in [4.78, 5) is 2.37. The van der Waals surface area contributed by atoms with Crippen molar-refractivity contribution in [3.63, 3.8) is 0 Å². The third kappa shape index (κ3) is 3.35. The molecule has 0 aliphatic carbocycles. The topological polar surface area (TPSA) is 35.5 Å². The smallest absolute Gasteiger partial charge is 0.120 e. The lowest BCUT2D eigenvalue weighted by Gasteiger charge is -2.17. The number of rotatable bonds is 4. The van der Waals surface area contributed by atoms with Crippen molar-refractivity contribution in [2.24, 2.45) is 5.92 Å². The van der Waals surface area contributed by atoms with Gasteiger partial charge in [0, 0.05) is 23.7 Å². The first-order valence-corrected chi connectivity index (χ1v) is 6.41. The van der Waals surface area contributed by atoms with Crippen molar-refractivity contribution in [3.05, 3.63) is 28.8 Å². The van der Waals surface area contributed by atoms with Gasteiger partial charge in [0.15, 0.2) is 0 Å². The molecule has 1 atom stereocenters. The van der Waals surface area contributed by atoms with E-state index in [1.165, 1.54) is 6.42 Å². The predicted octanol–water partition coefficient (Wildman–Crippen LogP) is 2.09. The normalized spacial score (nSPS) is 20.9. The molecule has 0 radical (unpaired) electrons. The Labute approximate surface area is 107 Å². The minimum absolute atomic E-state index is 0.339. The number of halogens is 1. The maximum atomic E-state index is 9.77. The lowest BCUT2D eigenvalue weighted by Crippen LogP contribution is -2.24. The zero-order valence-corrected chi connectivity index (χ0v) is 10.9. The van der Waals surface area contributed by atoms with E-state index in [9.17, 15) is 5.11 Å².